The van der Waals surface area contributed by atoms with Gasteiger partial charge >= 0.3 is 0 Å². The fourth-order valence-electron chi connectivity index (χ4n) is 2.42. The molecule has 0 heterocycles. The summed E-state index contributed by atoms with van der Waals surface area (Å²) in [5.74, 6) is 4.85. The van der Waals surface area contributed by atoms with E-state index >= 15 is 0 Å². The topological polar surface area (TPSA) is 38.0 Å². The lowest BCUT2D eigenvalue weighted by atomic mass is 10.1. The Morgan fingerprint density at radius 1 is 1.26 bits per heavy atom. The van der Waals surface area contributed by atoms with Crippen LogP contribution >= 0.6 is 11.8 Å². The van der Waals surface area contributed by atoms with Crippen molar-refractivity contribution in [3.05, 3.63) is 35.4 Å². The Labute approximate surface area is 117 Å². The van der Waals surface area contributed by atoms with E-state index in [1.807, 2.05) is 11.8 Å². The van der Waals surface area contributed by atoms with Crippen molar-refractivity contribution in [2.75, 3.05) is 5.75 Å². The van der Waals surface area contributed by atoms with E-state index in [9.17, 15) is 8.78 Å². The molecule has 1 aliphatic rings. The normalized spacial score (nSPS) is 17.8. The maximum atomic E-state index is 13.1. The number of thioether (sulfide) groups is 1. The van der Waals surface area contributed by atoms with Gasteiger partial charge in [-0.3, -0.25) is 11.3 Å². The monoisotopic (exact) mass is 286 g/mol. The highest BCUT2D eigenvalue weighted by atomic mass is 32.2. The van der Waals surface area contributed by atoms with Crippen molar-refractivity contribution >= 4 is 11.8 Å². The molecular formula is C14H20F2N2S. The number of nitrogens with two attached hydrogens (primary N) is 1. The SMILES string of the molecule is NNC(CSC1CCCC1)Cc1ccc(F)c(F)c1. The van der Waals surface area contributed by atoms with Crippen molar-refractivity contribution in [1.29, 1.82) is 0 Å². The van der Waals surface area contributed by atoms with E-state index in [4.69, 9.17) is 5.84 Å². The predicted octanol–water partition coefficient (Wildman–Crippen LogP) is 3.02. The first-order valence-corrected chi connectivity index (χ1v) is 7.75. The van der Waals surface area contributed by atoms with Crippen LogP contribution in [0.4, 0.5) is 8.78 Å². The van der Waals surface area contributed by atoms with Crippen molar-refractivity contribution < 1.29 is 8.78 Å². The van der Waals surface area contributed by atoms with Gasteiger partial charge in [0, 0.05) is 17.0 Å². The number of rotatable bonds is 6. The molecular weight excluding hydrogens is 266 g/mol. The molecule has 1 unspecified atom stereocenters. The molecule has 1 aromatic carbocycles. The second-order valence-corrected chi connectivity index (χ2v) is 6.39. The van der Waals surface area contributed by atoms with Gasteiger partial charge in [-0.05, 0) is 37.0 Å². The van der Waals surface area contributed by atoms with Crippen molar-refractivity contribution in [2.24, 2.45) is 5.84 Å². The highest BCUT2D eigenvalue weighted by Crippen LogP contribution is 2.30. The maximum absolute atomic E-state index is 13.1. The molecule has 0 radical (unpaired) electrons. The lowest BCUT2D eigenvalue weighted by Crippen LogP contribution is -2.39. The first-order valence-electron chi connectivity index (χ1n) is 6.70. The molecule has 1 saturated carbocycles. The van der Waals surface area contributed by atoms with E-state index < -0.39 is 11.6 Å². The van der Waals surface area contributed by atoms with Crippen LogP contribution in [-0.4, -0.2) is 17.0 Å². The van der Waals surface area contributed by atoms with Crippen LogP contribution in [0, 0.1) is 11.6 Å². The number of nitrogens with one attached hydrogen (secondary N) is 1. The van der Waals surface area contributed by atoms with Crippen molar-refractivity contribution in [2.45, 2.75) is 43.4 Å². The smallest absolute Gasteiger partial charge is 0.159 e. The molecule has 5 heteroatoms. The largest absolute Gasteiger partial charge is 0.271 e. The number of halogens is 2. The summed E-state index contributed by atoms with van der Waals surface area (Å²) in [5.41, 5.74) is 3.54. The number of hydrogen-bond donors (Lipinski definition) is 2. The van der Waals surface area contributed by atoms with Crippen LogP contribution in [-0.2, 0) is 6.42 Å². The molecule has 1 aliphatic carbocycles. The standard InChI is InChI=1S/C14H20F2N2S/c15-13-6-5-10(8-14(13)16)7-11(18-17)9-19-12-3-1-2-4-12/h5-6,8,11-12,18H,1-4,7,9,17H2. The summed E-state index contributed by atoms with van der Waals surface area (Å²) >= 11 is 1.93. The molecule has 106 valence electrons. The van der Waals surface area contributed by atoms with Crippen LogP contribution in [0.15, 0.2) is 18.2 Å². The van der Waals surface area contributed by atoms with Crippen LogP contribution in [0.1, 0.15) is 31.2 Å². The molecule has 1 atom stereocenters. The average molecular weight is 286 g/mol. The van der Waals surface area contributed by atoms with E-state index in [0.29, 0.717) is 6.42 Å². The Bertz CT molecular complexity index is 408. The predicted molar refractivity (Wildman–Crippen MR) is 75.9 cm³/mol. The van der Waals surface area contributed by atoms with Crippen LogP contribution < -0.4 is 11.3 Å². The first-order chi connectivity index (χ1) is 9.19. The van der Waals surface area contributed by atoms with E-state index in [1.54, 1.807) is 6.07 Å². The molecule has 2 nitrogen and oxygen atoms in total. The number of benzene rings is 1. The molecule has 0 bridgehead atoms. The fraction of sp³-hybridized carbons (Fsp3) is 0.571. The molecule has 0 spiro atoms. The molecule has 0 aromatic heterocycles. The summed E-state index contributed by atoms with van der Waals surface area (Å²) in [6.45, 7) is 0. The summed E-state index contributed by atoms with van der Waals surface area (Å²) < 4.78 is 26.0. The van der Waals surface area contributed by atoms with Gasteiger partial charge in [0.05, 0.1) is 0 Å². The van der Waals surface area contributed by atoms with E-state index in [-0.39, 0.29) is 6.04 Å². The summed E-state index contributed by atoms with van der Waals surface area (Å²) in [7, 11) is 0. The Hall–Kier alpha value is -0.650. The van der Waals surface area contributed by atoms with Gasteiger partial charge in [-0.1, -0.05) is 18.9 Å². The maximum Gasteiger partial charge on any atom is 0.159 e. The quantitative estimate of drug-likeness (QED) is 0.623. The Morgan fingerprint density at radius 2 is 2.00 bits per heavy atom. The second kappa shape index (κ2) is 7.22. The molecule has 3 N–H and O–H groups in total. The van der Waals surface area contributed by atoms with Crippen LogP contribution in [0.5, 0.6) is 0 Å². The highest BCUT2D eigenvalue weighted by molar-refractivity contribution is 7.99. The van der Waals surface area contributed by atoms with Crippen LogP contribution in [0.25, 0.3) is 0 Å². The third-order valence-electron chi connectivity index (χ3n) is 3.54. The van der Waals surface area contributed by atoms with Gasteiger partial charge in [0.2, 0.25) is 0 Å². The summed E-state index contributed by atoms with van der Waals surface area (Å²) in [4.78, 5) is 0. The molecule has 0 saturated heterocycles. The zero-order chi connectivity index (χ0) is 13.7. The Morgan fingerprint density at radius 3 is 2.63 bits per heavy atom. The number of hydrogen-bond acceptors (Lipinski definition) is 3. The van der Waals surface area contributed by atoms with Gasteiger partial charge in [0.1, 0.15) is 0 Å². The fourth-order valence-corrected chi connectivity index (χ4v) is 3.81. The van der Waals surface area contributed by atoms with E-state index in [0.717, 1.165) is 16.6 Å². The highest BCUT2D eigenvalue weighted by Gasteiger charge is 2.18. The summed E-state index contributed by atoms with van der Waals surface area (Å²) in [5, 5.41) is 0.737. The van der Waals surface area contributed by atoms with Gasteiger partial charge in [-0.2, -0.15) is 11.8 Å². The average Bonchev–Trinajstić information content (AvgIpc) is 2.92. The molecule has 0 amide bonds. The minimum absolute atomic E-state index is 0.0930. The second-order valence-electron chi connectivity index (χ2n) is 5.06. The zero-order valence-electron chi connectivity index (χ0n) is 10.9. The lowest BCUT2D eigenvalue weighted by Gasteiger charge is -2.18. The van der Waals surface area contributed by atoms with Crippen molar-refractivity contribution in [3.8, 4) is 0 Å². The number of hydrazine groups is 1. The minimum Gasteiger partial charge on any atom is -0.271 e. The van der Waals surface area contributed by atoms with Crippen molar-refractivity contribution in [3.63, 3.8) is 0 Å². The molecule has 1 fully saturated rings. The molecule has 0 aliphatic heterocycles. The van der Waals surface area contributed by atoms with Gasteiger partial charge < -0.3 is 0 Å². The van der Waals surface area contributed by atoms with Gasteiger partial charge in [-0.25, -0.2) is 8.78 Å². The molecule has 19 heavy (non-hydrogen) atoms. The van der Waals surface area contributed by atoms with Gasteiger partial charge in [0.25, 0.3) is 0 Å². The first kappa shape index (κ1) is 14.8. The molecule has 1 aromatic rings. The Balaban J connectivity index is 1.85. The van der Waals surface area contributed by atoms with E-state index in [1.165, 1.54) is 37.8 Å². The third kappa shape index (κ3) is 4.44. The van der Waals surface area contributed by atoms with E-state index in [2.05, 4.69) is 5.43 Å². The Kier molecular flexibility index (Phi) is 5.60. The molecule has 2 rings (SSSR count). The minimum atomic E-state index is -0.804. The van der Waals surface area contributed by atoms with Crippen LogP contribution in [0.3, 0.4) is 0 Å². The van der Waals surface area contributed by atoms with Gasteiger partial charge in [-0.15, -0.1) is 0 Å². The van der Waals surface area contributed by atoms with Crippen LogP contribution in [0.2, 0.25) is 0 Å². The third-order valence-corrected chi connectivity index (χ3v) is 5.07. The zero-order valence-corrected chi connectivity index (χ0v) is 11.7. The van der Waals surface area contributed by atoms with Crippen molar-refractivity contribution in [1.82, 2.24) is 5.43 Å². The summed E-state index contributed by atoms with van der Waals surface area (Å²) in [6.07, 6.45) is 5.83. The summed E-state index contributed by atoms with van der Waals surface area (Å²) in [6, 6.07) is 4.13. The lowest BCUT2D eigenvalue weighted by molar-refractivity contribution is 0.504. The van der Waals surface area contributed by atoms with Gasteiger partial charge in [0.15, 0.2) is 11.6 Å².